The zero-order valence-electron chi connectivity index (χ0n) is 10.8. The molecule has 0 saturated carbocycles. The molecule has 1 heterocycles. The molecular formula is C13H24N2S. The van der Waals surface area contributed by atoms with Crippen LogP contribution in [0.2, 0.25) is 0 Å². The van der Waals surface area contributed by atoms with Gasteiger partial charge in [0, 0.05) is 9.75 Å². The summed E-state index contributed by atoms with van der Waals surface area (Å²) in [5.74, 6) is 6.42. The molecule has 1 aromatic rings. The van der Waals surface area contributed by atoms with Gasteiger partial charge in [0.25, 0.3) is 0 Å². The molecule has 1 aromatic heterocycles. The van der Waals surface area contributed by atoms with Gasteiger partial charge in [0.2, 0.25) is 0 Å². The molecule has 92 valence electrons. The molecule has 0 spiro atoms. The highest BCUT2D eigenvalue weighted by Gasteiger charge is 2.13. The second-order valence-corrected chi connectivity index (χ2v) is 6.22. The topological polar surface area (TPSA) is 38.0 Å². The molecule has 0 aromatic carbocycles. The molecule has 1 atom stereocenters. The van der Waals surface area contributed by atoms with Crippen molar-refractivity contribution in [2.75, 3.05) is 0 Å². The van der Waals surface area contributed by atoms with Gasteiger partial charge in [-0.1, -0.05) is 26.7 Å². The first-order valence-electron chi connectivity index (χ1n) is 6.07. The molecule has 0 radical (unpaired) electrons. The smallest absolute Gasteiger partial charge is 0.0553 e. The lowest BCUT2D eigenvalue weighted by Crippen LogP contribution is -2.27. The van der Waals surface area contributed by atoms with Crippen LogP contribution in [-0.4, -0.2) is 0 Å². The molecule has 2 nitrogen and oxygen atoms in total. The number of hydrogen-bond acceptors (Lipinski definition) is 3. The number of rotatable bonds is 6. The number of hydrazine groups is 1. The maximum atomic E-state index is 5.64. The van der Waals surface area contributed by atoms with Gasteiger partial charge in [-0.25, -0.2) is 0 Å². The Labute approximate surface area is 103 Å². The van der Waals surface area contributed by atoms with Gasteiger partial charge in [-0.05, 0) is 37.8 Å². The summed E-state index contributed by atoms with van der Waals surface area (Å²) >= 11 is 1.86. The van der Waals surface area contributed by atoms with E-state index in [4.69, 9.17) is 5.84 Å². The molecule has 0 bridgehead atoms. The zero-order valence-corrected chi connectivity index (χ0v) is 11.7. The Morgan fingerprint density at radius 1 is 1.31 bits per heavy atom. The lowest BCUT2D eigenvalue weighted by atomic mass is 10.0. The van der Waals surface area contributed by atoms with Crippen LogP contribution in [0.25, 0.3) is 0 Å². The van der Waals surface area contributed by atoms with Crippen molar-refractivity contribution in [2.24, 2.45) is 11.8 Å². The molecule has 0 saturated heterocycles. The highest BCUT2D eigenvalue weighted by atomic mass is 32.1. The van der Waals surface area contributed by atoms with Gasteiger partial charge < -0.3 is 0 Å². The van der Waals surface area contributed by atoms with Crippen LogP contribution in [-0.2, 0) is 0 Å². The lowest BCUT2D eigenvalue weighted by molar-refractivity contribution is 0.459. The average molecular weight is 240 g/mol. The van der Waals surface area contributed by atoms with Crippen LogP contribution >= 0.6 is 11.3 Å². The Morgan fingerprint density at radius 3 is 2.44 bits per heavy atom. The largest absolute Gasteiger partial charge is 0.271 e. The maximum Gasteiger partial charge on any atom is 0.0553 e. The van der Waals surface area contributed by atoms with Crippen molar-refractivity contribution in [3.63, 3.8) is 0 Å². The third-order valence-electron chi connectivity index (χ3n) is 3.00. The molecule has 0 aliphatic heterocycles. The maximum absolute atomic E-state index is 5.64. The van der Waals surface area contributed by atoms with Crippen molar-refractivity contribution in [1.82, 2.24) is 5.43 Å². The fourth-order valence-electron chi connectivity index (χ4n) is 1.81. The van der Waals surface area contributed by atoms with Crippen molar-refractivity contribution in [2.45, 2.75) is 53.0 Å². The van der Waals surface area contributed by atoms with Gasteiger partial charge in [-0.2, -0.15) is 0 Å². The van der Waals surface area contributed by atoms with E-state index in [0.29, 0.717) is 6.04 Å². The molecule has 3 N–H and O–H groups in total. The number of nitrogens with two attached hydrogens (primary N) is 1. The monoisotopic (exact) mass is 240 g/mol. The van der Waals surface area contributed by atoms with Crippen molar-refractivity contribution in [3.8, 4) is 0 Å². The summed E-state index contributed by atoms with van der Waals surface area (Å²) in [6.07, 6.45) is 3.65. The summed E-state index contributed by atoms with van der Waals surface area (Å²) in [5, 5.41) is 0. The fraction of sp³-hybridized carbons (Fsp3) is 0.692. The van der Waals surface area contributed by atoms with Gasteiger partial charge in [-0.15, -0.1) is 11.3 Å². The molecule has 0 fully saturated rings. The second kappa shape index (κ2) is 6.38. The van der Waals surface area contributed by atoms with E-state index >= 15 is 0 Å². The summed E-state index contributed by atoms with van der Waals surface area (Å²) < 4.78 is 0. The molecule has 16 heavy (non-hydrogen) atoms. The molecule has 3 heteroatoms. The van der Waals surface area contributed by atoms with Gasteiger partial charge in [0.15, 0.2) is 0 Å². The summed E-state index contributed by atoms with van der Waals surface area (Å²) in [5.41, 5.74) is 4.32. The fourth-order valence-corrected chi connectivity index (χ4v) is 2.95. The molecular weight excluding hydrogens is 216 g/mol. The Bertz CT molecular complexity index is 298. The predicted octanol–water partition coefficient (Wildman–Crippen LogP) is 3.70. The second-order valence-electron chi connectivity index (χ2n) is 4.93. The number of hydrogen-bond donors (Lipinski definition) is 2. The zero-order chi connectivity index (χ0) is 12.1. The number of nitrogens with one attached hydrogen (secondary N) is 1. The molecule has 0 amide bonds. The first kappa shape index (κ1) is 13.7. The van der Waals surface area contributed by atoms with E-state index in [1.807, 2.05) is 11.3 Å². The highest BCUT2D eigenvalue weighted by Crippen LogP contribution is 2.29. The number of aryl methyl sites for hydroxylation is 2. The van der Waals surface area contributed by atoms with Crippen LogP contribution in [0.4, 0.5) is 0 Å². The molecule has 0 aliphatic rings. The minimum absolute atomic E-state index is 0.330. The van der Waals surface area contributed by atoms with E-state index in [0.717, 1.165) is 12.3 Å². The summed E-state index contributed by atoms with van der Waals surface area (Å²) in [7, 11) is 0. The normalized spacial score (nSPS) is 13.4. The predicted molar refractivity (Wildman–Crippen MR) is 72.5 cm³/mol. The van der Waals surface area contributed by atoms with Gasteiger partial charge >= 0.3 is 0 Å². The van der Waals surface area contributed by atoms with Crippen LogP contribution < -0.4 is 11.3 Å². The van der Waals surface area contributed by atoms with Crippen molar-refractivity contribution >= 4 is 11.3 Å². The van der Waals surface area contributed by atoms with Crippen molar-refractivity contribution in [1.29, 1.82) is 0 Å². The van der Waals surface area contributed by atoms with Crippen LogP contribution in [0.5, 0.6) is 0 Å². The van der Waals surface area contributed by atoms with E-state index in [-0.39, 0.29) is 0 Å². The quantitative estimate of drug-likeness (QED) is 0.588. The minimum atomic E-state index is 0.330. The van der Waals surface area contributed by atoms with Crippen molar-refractivity contribution < 1.29 is 0 Å². The highest BCUT2D eigenvalue weighted by molar-refractivity contribution is 7.12. The van der Waals surface area contributed by atoms with Crippen LogP contribution in [0.15, 0.2) is 6.07 Å². The van der Waals surface area contributed by atoms with Crippen LogP contribution in [0.3, 0.4) is 0 Å². The van der Waals surface area contributed by atoms with E-state index in [2.05, 4.69) is 39.2 Å². The first-order valence-corrected chi connectivity index (χ1v) is 6.89. The van der Waals surface area contributed by atoms with Gasteiger partial charge in [0.05, 0.1) is 6.04 Å². The summed E-state index contributed by atoms with van der Waals surface area (Å²) in [6.45, 7) is 8.87. The summed E-state index contributed by atoms with van der Waals surface area (Å²) in [6, 6.07) is 2.59. The average Bonchev–Trinajstić information content (AvgIpc) is 2.53. The SMILES string of the molecule is Cc1cc(C(CCCC(C)C)NN)sc1C. The molecule has 1 rings (SSSR count). The molecule has 0 aliphatic carbocycles. The Hall–Kier alpha value is -0.380. The van der Waals surface area contributed by atoms with Gasteiger partial charge in [0.1, 0.15) is 0 Å². The third kappa shape index (κ3) is 3.89. The number of thiophene rings is 1. The Balaban J connectivity index is 2.53. The van der Waals surface area contributed by atoms with Gasteiger partial charge in [-0.3, -0.25) is 11.3 Å². The van der Waals surface area contributed by atoms with E-state index in [9.17, 15) is 0 Å². The Kier molecular flexibility index (Phi) is 5.46. The van der Waals surface area contributed by atoms with E-state index in [1.54, 1.807) is 0 Å². The molecule has 1 unspecified atom stereocenters. The lowest BCUT2D eigenvalue weighted by Gasteiger charge is -2.14. The Morgan fingerprint density at radius 2 is 2.00 bits per heavy atom. The van der Waals surface area contributed by atoms with Crippen LogP contribution in [0, 0.1) is 19.8 Å². The van der Waals surface area contributed by atoms with E-state index in [1.165, 1.54) is 28.2 Å². The van der Waals surface area contributed by atoms with E-state index < -0.39 is 0 Å². The summed E-state index contributed by atoms with van der Waals surface area (Å²) in [4.78, 5) is 2.78. The van der Waals surface area contributed by atoms with Crippen LogP contribution in [0.1, 0.15) is 54.5 Å². The minimum Gasteiger partial charge on any atom is -0.271 e. The first-order chi connectivity index (χ1) is 7.54. The van der Waals surface area contributed by atoms with Crippen molar-refractivity contribution in [3.05, 3.63) is 21.4 Å². The standard InChI is InChI=1S/C13H24N2S/c1-9(2)6-5-7-12(15-14)13-8-10(3)11(4)16-13/h8-9,12,15H,5-7,14H2,1-4H3. The third-order valence-corrected chi connectivity index (χ3v) is 4.27.